The van der Waals surface area contributed by atoms with E-state index in [1.54, 1.807) is 18.6 Å². The van der Waals surface area contributed by atoms with Crippen LogP contribution in [0.4, 0.5) is 11.8 Å². The number of nitrogen functional groups attached to an aromatic ring is 1. The maximum Gasteiger partial charge on any atom is 0.254 e. The third-order valence-electron chi connectivity index (χ3n) is 8.04. The molecule has 6 heterocycles. The third kappa shape index (κ3) is 7.78. The molecule has 0 bridgehead atoms. The number of rotatable bonds is 14. The van der Waals surface area contributed by atoms with Gasteiger partial charge in [0.15, 0.2) is 5.65 Å². The highest BCUT2D eigenvalue weighted by Crippen LogP contribution is 2.31. The summed E-state index contributed by atoms with van der Waals surface area (Å²) in [5.74, 6) is 0.647. The molecule has 246 valence electrons. The van der Waals surface area contributed by atoms with Crippen molar-refractivity contribution >= 4 is 45.6 Å². The number of ether oxygens (including phenoxy) is 1. The number of pyridine rings is 1. The van der Waals surface area contributed by atoms with Gasteiger partial charge in [0.1, 0.15) is 23.5 Å². The minimum atomic E-state index is -0.262. The molecule has 1 aliphatic heterocycles. The molecule has 5 aromatic heterocycles. The van der Waals surface area contributed by atoms with Gasteiger partial charge in [0.05, 0.1) is 24.2 Å². The fourth-order valence-corrected chi connectivity index (χ4v) is 5.37. The quantitative estimate of drug-likeness (QED) is 0.127. The van der Waals surface area contributed by atoms with Crippen molar-refractivity contribution in [1.82, 2.24) is 55.2 Å². The Morgan fingerprint density at radius 1 is 0.979 bits per heavy atom. The van der Waals surface area contributed by atoms with Crippen molar-refractivity contribution in [2.45, 2.75) is 25.8 Å². The van der Waals surface area contributed by atoms with E-state index in [2.05, 4.69) is 57.4 Å². The zero-order valence-corrected chi connectivity index (χ0v) is 26.4. The highest BCUT2D eigenvalue weighted by Gasteiger charge is 2.19. The average Bonchev–Trinajstić information content (AvgIpc) is 3.72. The lowest BCUT2D eigenvalue weighted by atomic mass is 10.1. The van der Waals surface area contributed by atoms with Gasteiger partial charge in [-0.2, -0.15) is 5.10 Å². The molecule has 0 saturated carbocycles. The van der Waals surface area contributed by atoms with E-state index >= 15 is 0 Å². The summed E-state index contributed by atoms with van der Waals surface area (Å²) in [6, 6.07) is 3.97. The van der Waals surface area contributed by atoms with Gasteiger partial charge in [-0.3, -0.25) is 9.59 Å². The summed E-state index contributed by atoms with van der Waals surface area (Å²) in [5.41, 5.74) is 9.60. The Hall–Kier alpha value is -5.22. The molecule has 47 heavy (non-hydrogen) atoms. The van der Waals surface area contributed by atoms with Crippen molar-refractivity contribution in [2.75, 3.05) is 70.2 Å². The molecule has 16 nitrogen and oxygen atoms in total. The maximum atomic E-state index is 12.4. The monoisotopic (exact) mass is 641 g/mol. The standard InChI is InChI=1S/C31H39N13O3/c1-42-10-12-43(13-11-42)31-37-18-23(19-38-31)30(46)35-8-15-47-14-5-24(45)33-6-2-3-9-44-29-25(27(32)39-20-40-29)26(41-44)22-16-21-4-7-34-28(21)36-17-22/h4,7,16-20H,2-3,5-6,8-15H2,1H3,(H,33,45)(H,34,36)(H,35,46)(H2,32,39,40). The minimum absolute atomic E-state index is 0.0911. The highest BCUT2D eigenvalue weighted by atomic mass is 16.5. The number of aromatic amines is 1. The van der Waals surface area contributed by atoms with Crippen LogP contribution in [0.25, 0.3) is 33.3 Å². The second kappa shape index (κ2) is 14.9. The Morgan fingerprint density at radius 2 is 1.81 bits per heavy atom. The van der Waals surface area contributed by atoms with E-state index in [1.165, 1.54) is 6.33 Å². The topological polar surface area (TPSA) is 198 Å². The van der Waals surface area contributed by atoms with E-state index in [-0.39, 0.29) is 24.8 Å². The van der Waals surface area contributed by atoms with Gasteiger partial charge >= 0.3 is 0 Å². The Balaban J connectivity index is 0.866. The molecule has 2 amide bonds. The molecule has 0 spiro atoms. The van der Waals surface area contributed by atoms with E-state index in [1.807, 2.05) is 23.0 Å². The number of piperazine rings is 1. The van der Waals surface area contributed by atoms with Crippen LogP contribution in [0.1, 0.15) is 29.6 Å². The molecule has 1 saturated heterocycles. The molecule has 0 atom stereocenters. The molecule has 5 aromatic rings. The zero-order chi connectivity index (χ0) is 32.6. The van der Waals surface area contributed by atoms with Gasteiger partial charge in [-0.15, -0.1) is 0 Å². The predicted molar refractivity (Wildman–Crippen MR) is 177 cm³/mol. The number of aromatic nitrogens is 8. The summed E-state index contributed by atoms with van der Waals surface area (Å²) in [6.45, 7) is 5.64. The molecule has 0 aliphatic carbocycles. The van der Waals surface area contributed by atoms with E-state index in [0.29, 0.717) is 60.3 Å². The molecule has 5 N–H and O–H groups in total. The average molecular weight is 642 g/mol. The van der Waals surface area contributed by atoms with Crippen molar-refractivity contribution < 1.29 is 14.3 Å². The summed E-state index contributed by atoms with van der Waals surface area (Å²) in [5, 5.41) is 12.2. The maximum absolute atomic E-state index is 12.4. The Bertz CT molecular complexity index is 1810. The first kappa shape index (κ1) is 31.7. The number of amides is 2. The SMILES string of the molecule is CN1CCN(c2ncc(C(=O)NCCOCCC(=O)NCCCCn3nc(-c4cnc5[nH]ccc5c4)c4c(N)ncnc43)cn2)CC1. The van der Waals surface area contributed by atoms with Crippen LogP contribution in [0.5, 0.6) is 0 Å². The number of unbranched alkanes of at least 4 members (excludes halogenated alkanes) is 1. The van der Waals surface area contributed by atoms with Crippen LogP contribution in [-0.4, -0.2) is 116 Å². The van der Waals surface area contributed by atoms with Crippen molar-refractivity contribution in [3.8, 4) is 11.3 Å². The molecule has 0 radical (unpaired) electrons. The second-order valence-corrected chi connectivity index (χ2v) is 11.4. The summed E-state index contributed by atoms with van der Waals surface area (Å²) in [7, 11) is 2.09. The first-order valence-corrected chi connectivity index (χ1v) is 15.7. The van der Waals surface area contributed by atoms with Crippen molar-refractivity contribution in [3.63, 3.8) is 0 Å². The highest BCUT2D eigenvalue weighted by molar-refractivity contribution is 5.99. The normalized spacial score (nSPS) is 13.8. The van der Waals surface area contributed by atoms with Gasteiger partial charge < -0.3 is 35.9 Å². The number of nitrogens with one attached hydrogen (secondary N) is 3. The fourth-order valence-electron chi connectivity index (χ4n) is 5.37. The lowest BCUT2D eigenvalue weighted by Gasteiger charge is -2.32. The molecular weight excluding hydrogens is 602 g/mol. The van der Waals surface area contributed by atoms with Gasteiger partial charge in [-0.1, -0.05) is 0 Å². The lowest BCUT2D eigenvalue weighted by Crippen LogP contribution is -2.45. The number of nitrogens with two attached hydrogens (primary N) is 1. The minimum Gasteiger partial charge on any atom is -0.383 e. The van der Waals surface area contributed by atoms with Gasteiger partial charge in [-0.25, -0.2) is 29.6 Å². The lowest BCUT2D eigenvalue weighted by molar-refractivity contribution is -0.122. The van der Waals surface area contributed by atoms with E-state index in [0.717, 1.165) is 55.6 Å². The van der Waals surface area contributed by atoms with Crippen LogP contribution in [0.2, 0.25) is 0 Å². The smallest absolute Gasteiger partial charge is 0.254 e. The van der Waals surface area contributed by atoms with Crippen molar-refractivity contribution in [1.29, 1.82) is 0 Å². The van der Waals surface area contributed by atoms with Crippen LogP contribution >= 0.6 is 0 Å². The number of hydrogen-bond donors (Lipinski definition) is 4. The van der Waals surface area contributed by atoms with Crippen molar-refractivity contribution in [3.05, 3.63) is 48.8 Å². The van der Waals surface area contributed by atoms with E-state index in [9.17, 15) is 9.59 Å². The van der Waals surface area contributed by atoms with Crippen LogP contribution in [-0.2, 0) is 16.1 Å². The fraction of sp³-hybridized carbons (Fsp3) is 0.419. The van der Waals surface area contributed by atoms with Crippen LogP contribution in [0.15, 0.2) is 43.2 Å². The molecule has 6 rings (SSSR count). The van der Waals surface area contributed by atoms with Crippen LogP contribution in [0, 0.1) is 0 Å². The molecule has 0 unspecified atom stereocenters. The Labute approximate surface area is 271 Å². The number of H-pyrrole nitrogens is 1. The first-order valence-electron chi connectivity index (χ1n) is 15.7. The summed E-state index contributed by atoms with van der Waals surface area (Å²) >= 11 is 0. The molecule has 1 aliphatic rings. The largest absolute Gasteiger partial charge is 0.383 e. The van der Waals surface area contributed by atoms with Gasteiger partial charge in [-0.05, 0) is 32.0 Å². The Morgan fingerprint density at radius 3 is 2.64 bits per heavy atom. The molecule has 1 fully saturated rings. The van der Waals surface area contributed by atoms with E-state index < -0.39 is 0 Å². The van der Waals surface area contributed by atoms with E-state index in [4.69, 9.17) is 15.6 Å². The molecule has 16 heteroatoms. The van der Waals surface area contributed by atoms with Crippen LogP contribution < -0.4 is 21.3 Å². The van der Waals surface area contributed by atoms with Crippen LogP contribution in [0.3, 0.4) is 0 Å². The summed E-state index contributed by atoms with van der Waals surface area (Å²) in [4.78, 5) is 53.9. The number of hydrogen-bond acceptors (Lipinski definition) is 12. The van der Waals surface area contributed by atoms with Gasteiger partial charge in [0, 0.05) is 88.0 Å². The zero-order valence-electron chi connectivity index (χ0n) is 26.4. The number of fused-ring (bicyclic) bond motifs is 2. The molecule has 0 aromatic carbocycles. The number of anilines is 2. The first-order chi connectivity index (χ1) is 23.0. The predicted octanol–water partition coefficient (Wildman–Crippen LogP) is 1.23. The van der Waals surface area contributed by atoms with Gasteiger partial charge in [0.2, 0.25) is 11.9 Å². The van der Waals surface area contributed by atoms with Gasteiger partial charge in [0.25, 0.3) is 5.91 Å². The summed E-state index contributed by atoms with van der Waals surface area (Å²) in [6.07, 6.45) is 9.89. The number of carbonyl (C=O) groups excluding carboxylic acids is 2. The third-order valence-corrected chi connectivity index (χ3v) is 8.04. The Kier molecular flexibility index (Phi) is 10.1. The number of aryl methyl sites for hydroxylation is 1. The number of likely N-dealkylation sites (N-methyl/N-ethyl adjacent to an activating group) is 1. The second-order valence-electron chi connectivity index (χ2n) is 11.4. The molecular formula is C31H39N13O3. The summed E-state index contributed by atoms with van der Waals surface area (Å²) < 4.78 is 7.36. The van der Waals surface area contributed by atoms with Crippen molar-refractivity contribution in [2.24, 2.45) is 0 Å². The number of nitrogens with zero attached hydrogens (tertiary/aromatic N) is 9. The number of carbonyl (C=O) groups is 2.